The first-order valence-electron chi connectivity index (χ1n) is 10.3. The molecule has 2 aromatic heterocycles. The van der Waals surface area contributed by atoms with Crippen LogP contribution in [0.4, 0.5) is 18.9 Å². The zero-order valence-corrected chi connectivity index (χ0v) is 19.0. The average molecular weight is 521 g/mol. The Kier molecular flexibility index (Phi) is 6.75. The summed E-state index contributed by atoms with van der Waals surface area (Å²) in [7, 11) is 0. The molecule has 0 saturated heterocycles. The Morgan fingerprint density at radius 1 is 1.19 bits per heavy atom. The molecule has 10 nitrogen and oxygen atoms in total. The molecule has 0 aliphatic heterocycles. The Morgan fingerprint density at radius 3 is 2.69 bits per heavy atom. The van der Waals surface area contributed by atoms with Gasteiger partial charge in [-0.2, -0.15) is 18.3 Å². The molecule has 0 saturated carbocycles. The van der Waals surface area contributed by atoms with Crippen LogP contribution in [-0.4, -0.2) is 36.7 Å². The molecule has 14 heteroatoms. The van der Waals surface area contributed by atoms with Crippen LogP contribution in [0.1, 0.15) is 21.5 Å². The topological polar surface area (TPSA) is 125 Å². The van der Waals surface area contributed by atoms with Crippen molar-refractivity contribution in [3.63, 3.8) is 0 Å². The van der Waals surface area contributed by atoms with E-state index in [0.717, 1.165) is 18.2 Å². The number of carbonyl (C=O) groups is 1. The van der Waals surface area contributed by atoms with E-state index in [9.17, 15) is 32.9 Å². The highest BCUT2D eigenvalue weighted by atomic mass is 35.5. The minimum atomic E-state index is -4.50. The van der Waals surface area contributed by atoms with Gasteiger partial charge in [-0.1, -0.05) is 23.7 Å². The lowest BCUT2D eigenvalue weighted by molar-refractivity contribution is -0.384. The molecular formula is C22H16ClF3N6O4. The van der Waals surface area contributed by atoms with Crippen molar-refractivity contribution in [3.8, 4) is 0 Å². The van der Waals surface area contributed by atoms with Crippen molar-refractivity contribution in [3.05, 3.63) is 97.2 Å². The van der Waals surface area contributed by atoms with Crippen LogP contribution in [0.5, 0.6) is 0 Å². The molecule has 186 valence electrons. The quantitative estimate of drug-likeness (QED) is 0.293. The summed E-state index contributed by atoms with van der Waals surface area (Å²) >= 11 is 5.75. The fourth-order valence-corrected chi connectivity index (χ4v) is 3.67. The number of alkyl halides is 3. The van der Waals surface area contributed by atoms with Gasteiger partial charge in [-0.25, -0.2) is 9.67 Å². The van der Waals surface area contributed by atoms with Gasteiger partial charge in [0, 0.05) is 18.2 Å². The Hall–Kier alpha value is -4.26. The van der Waals surface area contributed by atoms with Crippen LogP contribution in [0.25, 0.3) is 11.0 Å². The summed E-state index contributed by atoms with van der Waals surface area (Å²) in [6.45, 7) is 0.0935. The maximum atomic E-state index is 13.0. The zero-order valence-electron chi connectivity index (χ0n) is 18.2. The number of fused-ring (bicyclic) bond motifs is 1. The van der Waals surface area contributed by atoms with E-state index < -0.39 is 33.8 Å². The maximum Gasteiger partial charge on any atom is 0.416 e. The molecule has 0 radical (unpaired) electrons. The largest absolute Gasteiger partial charge is 0.416 e. The van der Waals surface area contributed by atoms with Crippen molar-refractivity contribution in [1.82, 2.24) is 24.6 Å². The summed E-state index contributed by atoms with van der Waals surface area (Å²) in [4.78, 5) is 39.7. The fraction of sp³-hybridized carbons (Fsp3) is 0.182. The number of nitro groups is 1. The molecule has 1 amide bonds. The number of carbonyl (C=O) groups excluding carboxylic acids is 1. The Bertz CT molecular complexity index is 1530. The van der Waals surface area contributed by atoms with Gasteiger partial charge in [-0.3, -0.25) is 24.3 Å². The van der Waals surface area contributed by atoms with Crippen molar-refractivity contribution in [2.75, 3.05) is 6.54 Å². The molecular weight excluding hydrogens is 505 g/mol. The van der Waals surface area contributed by atoms with Crippen LogP contribution in [0.2, 0.25) is 5.02 Å². The predicted molar refractivity (Wildman–Crippen MR) is 123 cm³/mol. The van der Waals surface area contributed by atoms with Crippen LogP contribution < -0.4 is 10.9 Å². The molecule has 4 aromatic rings. The number of rotatable bonds is 7. The molecule has 0 fully saturated rings. The molecule has 0 aliphatic rings. The maximum absolute atomic E-state index is 13.0. The van der Waals surface area contributed by atoms with Gasteiger partial charge in [-0.15, -0.1) is 0 Å². The first-order chi connectivity index (χ1) is 17.0. The van der Waals surface area contributed by atoms with Gasteiger partial charge in [0.25, 0.3) is 17.2 Å². The van der Waals surface area contributed by atoms with E-state index in [2.05, 4.69) is 15.4 Å². The molecule has 2 heterocycles. The molecule has 0 atom stereocenters. The lowest BCUT2D eigenvalue weighted by atomic mass is 10.1. The number of hydrogen-bond acceptors (Lipinski definition) is 6. The first kappa shape index (κ1) is 24.9. The van der Waals surface area contributed by atoms with Crippen LogP contribution in [0, 0.1) is 10.1 Å². The van der Waals surface area contributed by atoms with Crippen LogP contribution in [0.3, 0.4) is 0 Å². The van der Waals surface area contributed by atoms with Crippen LogP contribution in [0.15, 0.2) is 59.8 Å². The lowest BCUT2D eigenvalue weighted by Gasteiger charge is -2.10. The average Bonchev–Trinajstić information content (AvgIpc) is 3.24. The summed E-state index contributed by atoms with van der Waals surface area (Å²) in [5.74, 6) is -0.567. The van der Waals surface area contributed by atoms with E-state index in [1.54, 1.807) is 0 Å². The Labute approximate surface area is 205 Å². The van der Waals surface area contributed by atoms with Crippen molar-refractivity contribution < 1.29 is 22.9 Å². The summed E-state index contributed by atoms with van der Waals surface area (Å²) in [6, 6.07) is 8.33. The second kappa shape index (κ2) is 9.77. The van der Waals surface area contributed by atoms with Crippen molar-refractivity contribution >= 4 is 34.2 Å². The zero-order chi connectivity index (χ0) is 26.0. The number of nitro benzene ring substituents is 1. The molecule has 0 unspecified atom stereocenters. The van der Waals surface area contributed by atoms with Crippen molar-refractivity contribution in [1.29, 1.82) is 0 Å². The van der Waals surface area contributed by atoms with Crippen LogP contribution >= 0.6 is 11.6 Å². The molecule has 0 bridgehead atoms. The van der Waals surface area contributed by atoms with Gasteiger partial charge >= 0.3 is 6.18 Å². The number of nitrogens with one attached hydrogen (secondary N) is 1. The fourth-order valence-electron chi connectivity index (χ4n) is 3.49. The van der Waals surface area contributed by atoms with E-state index in [4.69, 9.17) is 11.6 Å². The third-order valence-electron chi connectivity index (χ3n) is 5.24. The predicted octanol–water partition coefficient (Wildman–Crippen LogP) is 3.65. The van der Waals surface area contributed by atoms with E-state index in [0.29, 0.717) is 0 Å². The second-order valence-corrected chi connectivity index (χ2v) is 8.07. The molecule has 0 aliphatic carbocycles. The van der Waals surface area contributed by atoms with Gasteiger partial charge in [0.15, 0.2) is 5.65 Å². The summed E-state index contributed by atoms with van der Waals surface area (Å²) in [5.41, 5.74) is -1.13. The SMILES string of the molecule is O=C(NCCn1ncc2c(=O)n(Cc3cccc(C(F)(F)F)c3)cnc21)c1ccc(Cl)c([N+](=O)[O-])c1. The van der Waals surface area contributed by atoms with Crippen molar-refractivity contribution in [2.24, 2.45) is 0 Å². The molecule has 36 heavy (non-hydrogen) atoms. The lowest BCUT2D eigenvalue weighted by Crippen LogP contribution is -2.28. The highest BCUT2D eigenvalue weighted by Gasteiger charge is 2.30. The highest BCUT2D eigenvalue weighted by molar-refractivity contribution is 6.32. The molecule has 1 N–H and O–H groups in total. The number of aromatic nitrogens is 4. The number of amides is 1. The summed E-state index contributed by atoms with van der Waals surface area (Å²) in [6.07, 6.45) is -1.99. The standard InChI is InChI=1S/C22H16ClF3N6O4/c23-17-5-4-14(9-18(17)32(35)36)20(33)27-6-7-31-19-16(10-29-31)21(34)30(12-28-19)11-13-2-1-3-15(8-13)22(24,25)26/h1-5,8-10,12H,6-7,11H2,(H,27,33). The minimum Gasteiger partial charge on any atom is -0.350 e. The highest BCUT2D eigenvalue weighted by Crippen LogP contribution is 2.29. The summed E-state index contributed by atoms with van der Waals surface area (Å²) < 4.78 is 41.4. The second-order valence-electron chi connectivity index (χ2n) is 7.66. The van der Waals surface area contributed by atoms with E-state index in [1.165, 1.54) is 46.0 Å². The number of benzene rings is 2. The molecule has 2 aromatic carbocycles. The normalized spacial score (nSPS) is 11.6. The van der Waals surface area contributed by atoms with Gasteiger partial charge < -0.3 is 5.32 Å². The van der Waals surface area contributed by atoms with Crippen LogP contribution in [-0.2, 0) is 19.3 Å². The number of halogens is 4. The van der Waals surface area contributed by atoms with E-state index in [1.807, 2.05) is 0 Å². The molecule has 4 rings (SSSR count). The number of hydrogen-bond donors (Lipinski definition) is 1. The first-order valence-corrected chi connectivity index (χ1v) is 10.7. The number of nitrogens with zero attached hydrogens (tertiary/aromatic N) is 5. The monoisotopic (exact) mass is 520 g/mol. The molecule has 0 spiro atoms. The minimum absolute atomic E-state index is 0.0482. The van der Waals surface area contributed by atoms with Gasteiger partial charge in [0.05, 0.1) is 29.8 Å². The third-order valence-corrected chi connectivity index (χ3v) is 5.56. The Morgan fingerprint density at radius 2 is 1.97 bits per heavy atom. The van der Waals surface area contributed by atoms with E-state index >= 15 is 0 Å². The third kappa shape index (κ3) is 5.20. The van der Waals surface area contributed by atoms with Gasteiger partial charge in [-0.05, 0) is 29.8 Å². The van der Waals surface area contributed by atoms with Gasteiger partial charge in [0.2, 0.25) is 0 Å². The Balaban J connectivity index is 1.46. The summed E-state index contributed by atoms with van der Waals surface area (Å²) in [5, 5.41) is 17.8. The van der Waals surface area contributed by atoms with Crippen molar-refractivity contribution in [2.45, 2.75) is 19.3 Å². The van der Waals surface area contributed by atoms with Gasteiger partial charge in [0.1, 0.15) is 16.7 Å². The van der Waals surface area contributed by atoms with E-state index in [-0.39, 0.29) is 46.8 Å². The smallest absolute Gasteiger partial charge is 0.350 e.